The molecule has 0 spiro atoms. The molecule has 2 aromatic carbocycles. The minimum Gasteiger partial charge on any atom is -0.353 e. The van der Waals surface area contributed by atoms with Crippen molar-refractivity contribution in [3.8, 4) is 11.1 Å². The van der Waals surface area contributed by atoms with Crippen LogP contribution < -0.4 is 4.90 Å². The molecule has 0 amide bonds. The monoisotopic (exact) mass is 488 g/mol. The van der Waals surface area contributed by atoms with E-state index >= 15 is 0 Å². The molecule has 5 rings (SSSR count). The number of hydrogen-bond donors (Lipinski definition) is 0. The molecular formula is C23H19Cl3N4S. The third-order valence-corrected chi connectivity index (χ3v) is 7.31. The highest BCUT2D eigenvalue weighted by Gasteiger charge is 2.23. The topological polar surface area (TPSA) is 32.3 Å². The van der Waals surface area contributed by atoms with Crippen LogP contribution in [0.1, 0.15) is 5.56 Å². The summed E-state index contributed by atoms with van der Waals surface area (Å²) in [6.45, 7) is 4.48. The third kappa shape index (κ3) is 4.38. The quantitative estimate of drug-likeness (QED) is 0.321. The minimum absolute atomic E-state index is 0.665. The van der Waals surface area contributed by atoms with Gasteiger partial charge >= 0.3 is 0 Å². The van der Waals surface area contributed by atoms with E-state index in [1.54, 1.807) is 23.7 Å². The van der Waals surface area contributed by atoms with E-state index in [1.165, 1.54) is 0 Å². The molecule has 2 aromatic heterocycles. The molecule has 0 N–H and O–H groups in total. The molecule has 158 valence electrons. The van der Waals surface area contributed by atoms with Crippen LogP contribution in [0.4, 0.5) is 5.82 Å². The molecule has 4 aromatic rings. The van der Waals surface area contributed by atoms with Crippen LogP contribution in [0.25, 0.3) is 21.3 Å². The van der Waals surface area contributed by atoms with E-state index in [4.69, 9.17) is 34.8 Å². The fourth-order valence-electron chi connectivity index (χ4n) is 3.95. The number of hydrogen-bond acceptors (Lipinski definition) is 5. The predicted molar refractivity (Wildman–Crippen MR) is 132 cm³/mol. The van der Waals surface area contributed by atoms with E-state index in [2.05, 4.69) is 37.3 Å². The molecule has 0 aliphatic carbocycles. The number of benzene rings is 2. The lowest BCUT2D eigenvalue weighted by molar-refractivity contribution is 0.249. The fourth-order valence-corrected chi connectivity index (χ4v) is 5.45. The van der Waals surface area contributed by atoms with Crippen molar-refractivity contribution in [1.29, 1.82) is 0 Å². The zero-order valence-electron chi connectivity index (χ0n) is 16.6. The van der Waals surface area contributed by atoms with E-state index < -0.39 is 0 Å². The number of anilines is 1. The first-order valence-electron chi connectivity index (χ1n) is 9.98. The van der Waals surface area contributed by atoms with Gasteiger partial charge in [0.1, 0.15) is 17.0 Å². The minimum atomic E-state index is 0.665. The maximum atomic E-state index is 6.37. The van der Waals surface area contributed by atoms with E-state index in [1.807, 2.05) is 24.3 Å². The molecule has 31 heavy (non-hydrogen) atoms. The molecule has 3 heterocycles. The highest BCUT2D eigenvalue weighted by atomic mass is 35.5. The van der Waals surface area contributed by atoms with Crippen molar-refractivity contribution in [2.75, 3.05) is 31.1 Å². The molecule has 0 bridgehead atoms. The first-order valence-corrected chi connectivity index (χ1v) is 12.0. The number of aromatic nitrogens is 2. The van der Waals surface area contributed by atoms with Gasteiger partial charge in [-0.05, 0) is 35.4 Å². The Morgan fingerprint density at radius 3 is 2.35 bits per heavy atom. The Morgan fingerprint density at radius 1 is 0.871 bits per heavy atom. The van der Waals surface area contributed by atoms with Gasteiger partial charge in [-0.2, -0.15) is 0 Å². The van der Waals surface area contributed by atoms with E-state index in [0.717, 1.165) is 75.5 Å². The second kappa shape index (κ2) is 8.93. The normalized spacial score (nSPS) is 15.0. The van der Waals surface area contributed by atoms with Gasteiger partial charge in [-0.15, -0.1) is 11.3 Å². The number of thiophene rings is 1. The number of fused-ring (bicyclic) bond motifs is 1. The first kappa shape index (κ1) is 21.0. The summed E-state index contributed by atoms with van der Waals surface area (Å²) in [6.07, 6.45) is 1.67. The Bertz CT molecular complexity index is 1220. The van der Waals surface area contributed by atoms with Crippen molar-refractivity contribution >= 4 is 62.2 Å². The molecule has 8 heteroatoms. The van der Waals surface area contributed by atoms with Gasteiger partial charge in [-0.1, -0.05) is 53.0 Å². The fraction of sp³-hybridized carbons (Fsp3) is 0.217. The molecule has 0 radical (unpaired) electrons. The van der Waals surface area contributed by atoms with Crippen LogP contribution in [-0.2, 0) is 6.54 Å². The smallest absolute Gasteiger partial charge is 0.141 e. The van der Waals surface area contributed by atoms with Crippen LogP contribution in [0.15, 0.2) is 54.2 Å². The molecule has 1 saturated heterocycles. The van der Waals surface area contributed by atoms with Crippen LogP contribution in [0, 0.1) is 0 Å². The summed E-state index contributed by atoms with van der Waals surface area (Å²) in [5, 5.41) is 5.39. The lowest BCUT2D eigenvalue weighted by Crippen LogP contribution is -2.46. The molecule has 0 saturated carbocycles. The number of rotatable bonds is 4. The highest BCUT2D eigenvalue weighted by Crippen LogP contribution is 2.38. The predicted octanol–water partition coefficient (Wildman–Crippen LogP) is 6.64. The molecule has 0 atom stereocenters. The van der Waals surface area contributed by atoms with Gasteiger partial charge in [-0.3, -0.25) is 4.90 Å². The third-order valence-electron chi connectivity index (χ3n) is 5.59. The Labute approximate surface area is 200 Å². The van der Waals surface area contributed by atoms with Crippen LogP contribution in [0.2, 0.25) is 15.1 Å². The standard InChI is InChI=1S/C23H19Cl3N4S/c24-17-4-1-15(2-5-17)19-13-31-23-21(19)22(27-14-28-23)30-9-7-29(8-10-30)12-16-3-6-18(25)11-20(16)26/h1-6,11,13-14H,7-10,12H2. The van der Waals surface area contributed by atoms with Gasteiger partial charge in [0.05, 0.1) is 5.39 Å². The average molecular weight is 490 g/mol. The van der Waals surface area contributed by atoms with Crippen molar-refractivity contribution in [2.24, 2.45) is 0 Å². The summed E-state index contributed by atoms with van der Waals surface area (Å²) >= 11 is 20.1. The zero-order chi connectivity index (χ0) is 21.4. The summed E-state index contributed by atoms with van der Waals surface area (Å²) in [5.74, 6) is 1.00. The first-order chi connectivity index (χ1) is 15.1. The Kier molecular flexibility index (Phi) is 6.04. The maximum absolute atomic E-state index is 6.37. The SMILES string of the molecule is Clc1ccc(-c2csc3ncnc(N4CCN(Cc5ccc(Cl)cc5Cl)CC4)c23)cc1. The number of piperazine rings is 1. The van der Waals surface area contributed by atoms with Gasteiger partial charge in [-0.25, -0.2) is 9.97 Å². The van der Waals surface area contributed by atoms with E-state index in [9.17, 15) is 0 Å². The second-order valence-corrected chi connectivity index (χ2v) is 9.67. The summed E-state index contributed by atoms with van der Waals surface area (Å²) in [7, 11) is 0. The largest absolute Gasteiger partial charge is 0.353 e. The summed E-state index contributed by atoms with van der Waals surface area (Å²) < 4.78 is 0. The van der Waals surface area contributed by atoms with Gasteiger partial charge in [0.15, 0.2) is 0 Å². The lowest BCUT2D eigenvalue weighted by Gasteiger charge is -2.35. The molecule has 0 unspecified atom stereocenters. The Morgan fingerprint density at radius 2 is 1.61 bits per heavy atom. The van der Waals surface area contributed by atoms with Crippen molar-refractivity contribution in [3.05, 3.63) is 74.8 Å². The van der Waals surface area contributed by atoms with Crippen molar-refractivity contribution in [3.63, 3.8) is 0 Å². The summed E-state index contributed by atoms with van der Waals surface area (Å²) in [5.41, 5.74) is 3.39. The second-order valence-electron chi connectivity index (χ2n) is 7.53. The molecule has 1 fully saturated rings. The summed E-state index contributed by atoms with van der Waals surface area (Å²) in [6, 6.07) is 13.7. The van der Waals surface area contributed by atoms with Crippen LogP contribution >= 0.6 is 46.1 Å². The molecule has 1 aliphatic rings. The van der Waals surface area contributed by atoms with E-state index in [-0.39, 0.29) is 0 Å². The van der Waals surface area contributed by atoms with Gasteiger partial charge in [0, 0.05) is 58.7 Å². The lowest BCUT2D eigenvalue weighted by atomic mass is 10.1. The maximum Gasteiger partial charge on any atom is 0.141 e. The van der Waals surface area contributed by atoms with Crippen molar-refractivity contribution in [1.82, 2.24) is 14.9 Å². The number of halogens is 3. The van der Waals surface area contributed by atoms with E-state index in [0.29, 0.717) is 5.02 Å². The Balaban J connectivity index is 1.37. The molecule has 1 aliphatic heterocycles. The van der Waals surface area contributed by atoms with Gasteiger partial charge < -0.3 is 4.90 Å². The van der Waals surface area contributed by atoms with Crippen LogP contribution in [0.5, 0.6) is 0 Å². The van der Waals surface area contributed by atoms with Gasteiger partial charge in [0.25, 0.3) is 0 Å². The number of nitrogens with zero attached hydrogens (tertiary/aromatic N) is 4. The van der Waals surface area contributed by atoms with Crippen LogP contribution in [-0.4, -0.2) is 41.0 Å². The molecule has 4 nitrogen and oxygen atoms in total. The van der Waals surface area contributed by atoms with Gasteiger partial charge in [0.2, 0.25) is 0 Å². The molecular weight excluding hydrogens is 471 g/mol. The highest BCUT2D eigenvalue weighted by molar-refractivity contribution is 7.17. The van der Waals surface area contributed by atoms with Crippen LogP contribution in [0.3, 0.4) is 0 Å². The van der Waals surface area contributed by atoms with Crippen molar-refractivity contribution < 1.29 is 0 Å². The Hall–Kier alpha value is -1.89. The zero-order valence-corrected chi connectivity index (χ0v) is 19.6. The summed E-state index contributed by atoms with van der Waals surface area (Å²) in [4.78, 5) is 15.0. The average Bonchev–Trinajstić information content (AvgIpc) is 3.21. The van der Waals surface area contributed by atoms with Crippen molar-refractivity contribution in [2.45, 2.75) is 6.54 Å².